The van der Waals surface area contributed by atoms with Gasteiger partial charge in [-0.2, -0.15) is 0 Å². The molecule has 2 N–H and O–H groups in total. The third kappa shape index (κ3) is 12.8. The summed E-state index contributed by atoms with van der Waals surface area (Å²) in [4.78, 5) is 7.20. The van der Waals surface area contributed by atoms with E-state index in [-0.39, 0.29) is 24.0 Å². The van der Waals surface area contributed by atoms with Gasteiger partial charge in [0.25, 0.3) is 0 Å². The van der Waals surface area contributed by atoms with E-state index in [2.05, 4.69) is 41.3 Å². The number of piperidine rings is 1. The van der Waals surface area contributed by atoms with E-state index in [9.17, 15) is 0 Å². The largest absolute Gasteiger partial charge is 0.381 e. The lowest BCUT2D eigenvalue weighted by molar-refractivity contribution is 0.130. The van der Waals surface area contributed by atoms with Crippen molar-refractivity contribution in [3.05, 3.63) is 0 Å². The first-order valence-electron chi connectivity index (χ1n) is 10.1. The van der Waals surface area contributed by atoms with Crippen LogP contribution in [0, 0.1) is 5.92 Å². The van der Waals surface area contributed by atoms with Gasteiger partial charge in [-0.3, -0.25) is 4.99 Å². The Morgan fingerprint density at radius 2 is 1.80 bits per heavy atom. The molecule has 0 aromatic carbocycles. The predicted molar refractivity (Wildman–Crippen MR) is 119 cm³/mol. The van der Waals surface area contributed by atoms with Gasteiger partial charge in [0.15, 0.2) is 5.96 Å². The Hall–Kier alpha value is -0.0800. The first-order valence-corrected chi connectivity index (χ1v) is 10.1. The number of unbranched alkanes of at least 4 members (excludes halogenated alkanes) is 1. The molecule has 0 aromatic heterocycles. The van der Waals surface area contributed by atoms with E-state index in [1.165, 1.54) is 45.3 Å². The highest BCUT2D eigenvalue weighted by Gasteiger charge is 2.17. The molecule has 0 aliphatic carbocycles. The van der Waals surface area contributed by atoms with Gasteiger partial charge in [0.1, 0.15) is 0 Å². The van der Waals surface area contributed by atoms with Gasteiger partial charge in [-0.25, -0.2) is 0 Å². The zero-order chi connectivity index (χ0) is 17.5. The molecular weight excluding hydrogens is 427 g/mol. The molecule has 0 spiro atoms. The number of nitrogens with zero attached hydrogens (tertiary/aromatic N) is 2. The van der Waals surface area contributed by atoms with Crippen LogP contribution in [0.1, 0.15) is 59.3 Å². The fraction of sp³-hybridized carbons (Fsp3) is 0.947. The van der Waals surface area contributed by atoms with Crippen molar-refractivity contribution in [1.29, 1.82) is 0 Å². The van der Waals surface area contributed by atoms with Crippen LogP contribution in [-0.2, 0) is 4.74 Å². The lowest BCUT2D eigenvalue weighted by atomic mass is 9.93. The molecule has 1 rings (SSSR count). The Morgan fingerprint density at radius 3 is 2.44 bits per heavy atom. The Balaban J connectivity index is 0.00000576. The smallest absolute Gasteiger partial charge is 0.191 e. The van der Waals surface area contributed by atoms with Crippen LogP contribution in [0.15, 0.2) is 4.99 Å². The molecule has 1 saturated heterocycles. The Kier molecular flexibility index (Phi) is 17.3. The summed E-state index contributed by atoms with van der Waals surface area (Å²) in [7, 11) is 0. The molecular formula is C19H41IN4O. The maximum atomic E-state index is 5.58. The lowest BCUT2D eigenvalue weighted by Crippen LogP contribution is -2.39. The van der Waals surface area contributed by atoms with Gasteiger partial charge >= 0.3 is 0 Å². The second kappa shape index (κ2) is 17.3. The van der Waals surface area contributed by atoms with Gasteiger partial charge in [0, 0.05) is 32.8 Å². The van der Waals surface area contributed by atoms with Crippen LogP contribution in [0.25, 0.3) is 0 Å². The monoisotopic (exact) mass is 468 g/mol. The number of hydrogen-bond donors (Lipinski definition) is 2. The Morgan fingerprint density at radius 1 is 1.08 bits per heavy atom. The SMILES string of the molecule is CCCCOCCCN=C(NCC)NCCC1CCN(CC)CC1.I. The number of aliphatic imine (C=N–C) groups is 1. The molecule has 6 heteroatoms. The minimum atomic E-state index is 0. The van der Waals surface area contributed by atoms with Gasteiger partial charge in [0.2, 0.25) is 0 Å². The molecule has 5 nitrogen and oxygen atoms in total. The normalized spacial score (nSPS) is 16.5. The topological polar surface area (TPSA) is 48.9 Å². The lowest BCUT2D eigenvalue weighted by Gasteiger charge is -2.31. The highest BCUT2D eigenvalue weighted by atomic mass is 127. The molecule has 0 amide bonds. The van der Waals surface area contributed by atoms with Crippen molar-refractivity contribution in [2.45, 2.75) is 59.3 Å². The van der Waals surface area contributed by atoms with Crippen LogP contribution < -0.4 is 10.6 Å². The summed E-state index contributed by atoms with van der Waals surface area (Å²) in [5.41, 5.74) is 0. The van der Waals surface area contributed by atoms with E-state index in [0.717, 1.165) is 57.6 Å². The van der Waals surface area contributed by atoms with Gasteiger partial charge < -0.3 is 20.3 Å². The highest BCUT2D eigenvalue weighted by Crippen LogP contribution is 2.19. The number of likely N-dealkylation sites (tertiary alicyclic amines) is 1. The summed E-state index contributed by atoms with van der Waals surface area (Å²) in [6, 6.07) is 0. The van der Waals surface area contributed by atoms with E-state index in [1.807, 2.05) is 0 Å². The van der Waals surface area contributed by atoms with E-state index >= 15 is 0 Å². The number of guanidine groups is 1. The molecule has 1 fully saturated rings. The van der Waals surface area contributed by atoms with Crippen molar-refractivity contribution in [3.63, 3.8) is 0 Å². The minimum Gasteiger partial charge on any atom is -0.381 e. The van der Waals surface area contributed by atoms with Crippen molar-refractivity contribution in [2.75, 3.05) is 52.5 Å². The molecule has 1 aliphatic heterocycles. The first kappa shape index (κ1) is 24.9. The van der Waals surface area contributed by atoms with E-state index in [0.29, 0.717) is 0 Å². The van der Waals surface area contributed by atoms with Crippen LogP contribution in [0.4, 0.5) is 0 Å². The van der Waals surface area contributed by atoms with Crippen LogP contribution in [0.5, 0.6) is 0 Å². The van der Waals surface area contributed by atoms with E-state index in [4.69, 9.17) is 4.74 Å². The average molecular weight is 468 g/mol. The number of ether oxygens (including phenoxy) is 1. The fourth-order valence-corrected chi connectivity index (χ4v) is 3.03. The average Bonchev–Trinajstić information content (AvgIpc) is 2.61. The van der Waals surface area contributed by atoms with Gasteiger partial charge in [-0.1, -0.05) is 20.3 Å². The maximum Gasteiger partial charge on any atom is 0.191 e. The molecule has 1 aliphatic rings. The molecule has 25 heavy (non-hydrogen) atoms. The van der Waals surface area contributed by atoms with Crippen molar-refractivity contribution >= 4 is 29.9 Å². The fourth-order valence-electron chi connectivity index (χ4n) is 3.03. The van der Waals surface area contributed by atoms with E-state index < -0.39 is 0 Å². The molecule has 0 atom stereocenters. The second-order valence-corrected chi connectivity index (χ2v) is 6.67. The van der Waals surface area contributed by atoms with Gasteiger partial charge in [-0.15, -0.1) is 24.0 Å². The summed E-state index contributed by atoms with van der Waals surface area (Å²) < 4.78 is 5.58. The summed E-state index contributed by atoms with van der Waals surface area (Å²) in [5, 5.41) is 6.83. The zero-order valence-corrected chi connectivity index (χ0v) is 19.0. The summed E-state index contributed by atoms with van der Waals surface area (Å²) in [6.45, 7) is 14.8. The molecule has 1 heterocycles. The minimum absolute atomic E-state index is 0. The van der Waals surface area contributed by atoms with Crippen LogP contribution in [0.3, 0.4) is 0 Å². The Bertz CT molecular complexity index is 321. The molecule has 0 unspecified atom stereocenters. The second-order valence-electron chi connectivity index (χ2n) is 6.67. The van der Waals surface area contributed by atoms with Gasteiger partial charge in [0.05, 0.1) is 0 Å². The summed E-state index contributed by atoms with van der Waals surface area (Å²) >= 11 is 0. The van der Waals surface area contributed by atoms with E-state index in [1.54, 1.807) is 0 Å². The maximum absolute atomic E-state index is 5.58. The van der Waals surface area contributed by atoms with Crippen LogP contribution >= 0.6 is 24.0 Å². The third-order valence-electron chi connectivity index (χ3n) is 4.70. The zero-order valence-electron chi connectivity index (χ0n) is 16.7. The molecule has 0 radical (unpaired) electrons. The van der Waals surface area contributed by atoms with Crippen molar-refractivity contribution in [2.24, 2.45) is 10.9 Å². The highest BCUT2D eigenvalue weighted by molar-refractivity contribution is 14.0. The predicted octanol–water partition coefficient (Wildman–Crippen LogP) is 3.49. The number of rotatable bonds is 12. The molecule has 0 bridgehead atoms. The number of hydrogen-bond acceptors (Lipinski definition) is 3. The van der Waals surface area contributed by atoms with Crippen LogP contribution in [-0.4, -0.2) is 63.3 Å². The van der Waals surface area contributed by atoms with Crippen molar-refractivity contribution < 1.29 is 4.74 Å². The summed E-state index contributed by atoms with van der Waals surface area (Å²) in [6.07, 6.45) is 7.29. The van der Waals surface area contributed by atoms with Gasteiger partial charge in [-0.05, 0) is 64.6 Å². The number of halogens is 1. The van der Waals surface area contributed by atoms with Crippen molar-refractivity contribution in [1.82, 2.24) is 15.5 Å². The Labute approximate surface area is 172 Å². The van der Waals surface area contributed by atoms with Crippen LogP contribution in [0.2, 0.25) is 0 Å². The third-order valence-corrected chi connectivity index (χ3v) is 4.70. The van der Waals surface area contributed by atoms with Crippen molar-refractivity contribution in [3.8, 4) is 0 Å². The molecule has 0 saturated carbocycles. The standard InChI is InChI=1S/C19H40N4O.HI/c1-4-7-16-24-17-8-12-21-19(20-5-2)22-13-9-18-10-14-23(6-3)15-11-18;/h18H,4-17H2,1-3H3,(H2,20,21,22);1H. The quantitative estimate of drug-likeness (QED) is 0.199. The number of nitrogens with one attached hydrogen (secondary N) is 2. The summed E-state index contributed by atoms with van der Waals surface area (Å²) in [5.74, 6) is 1.83. The molecule has 150 valence electrons. The molecule has 0 aromatic rings. The first-order chi connectivity index (χ1) is 11.8.